The summed E-state index contributed by atoms with van der Waals surface area (Å²) in [6.45, 7) is -6.30. The van der Waals surface area contributed by atoms with E-state index in [0.717, 1.165) is 0 Å². The third kappa shape index (κ3) is 5.66. The van der Waals surface area contributed by atoms with Crippen LogP contribution in [0.25, 0.3) is 0 Å². The van der Waals surface area contributed by atoms with E-state index >= 15 is 0 Å². The fourth-order valence-corrected chi connectivity index (χ4v) is 2.68. The molecular weight excluding hydrogens is 375 g/mol. The molecule has 0 aliphatic carbocycles. The zero-order valence-electron chi connectivity index (χ0n) is 13.1. The summed E-state index contributed by atoms with van der Waals surface area (Å²) < 4.78 is 97.6. The van der Waals surface area contributed by atoms with Crippen LogP contribution in [0.1, 0.15) is 5.56 Å². The summed E-state index contributed by atoms with van der Waals surface area (Å²) >= 11 is 0. The topological polar surface area (TPSA) is 0 Å². The number of hydrogen-bond acceptors (Lipinski definition) is 0. The van der Waals surface area contributed by atoms with Gasteiger partial charge in [-0.2, -0.15) is 0 Å². The molecule has 0 aromatic heterocycles. The van der Waals surface area contributed by atoms with Crippen molar-refractivity contribution in [1.82, 2.24) is 0 Å². The van der Waals surface area contributed by atoms with E-state index < -0.39 is 41.5 Å². The Kier molecular flexibility index (Phi) is 7.34. The molecule has 25 heavy (non-hydrogen) atoms. The van der Waals surface area contributed by atoms with Crippen LogP contribution in [0.5, 0.6) is 0 Å². The van der Waals surface area contributed by atoms with Gasteiger partial charge in [-0.15, -0.1) is 0 Å². The van der Waals surface area contributed by atoms with E-state index in [9.17, 15) is 34.9 Å². The Morgan fingerprint density at radius 3 is 1.48 bits per heavy atom. The van der Waals surface area contributed by atoms with Crippen LogP contribution in [0.15, 0.2) is 30.3 Å². The summed E-state index contributed by atoms with van der Waals surface area (Å²) in [5.41, 5.74) is -1.28. The Bertz CT molecular complexity index is 687. The van der Waals surface area contributed by atoms with Gasteiger partial charge < -0.3 is 12.9 Å². The van der Waals surface area contributed by atoms with Gasteiger partial charge in [-0.05, 0) is 16.4 Å². The van der Waals surface area contributed by atoms with Crippen LogP contribution in [0.2, 0.25) is 0 Å². The molecule has 0 atom stereocenters. The molecule has 0 unspecified atom stereocenters. The summed E-state index contributed by atoms with van der Waals surface area (Å²) in [4.78, 5) is 0. The molecule has 0 fully saturated rings. The quantitative estimate of drug-likeness (QED) is 0.239. The van der Waals surface area contributed by atoms with Crippen LogP contribution < -0.4 is 5.46 Å². The van der Waals surface area contributed by atoms with Crippen molar-refractivity contribution in [2.45, 2.75) is 5.75 Å². The Morgan fingerprint density at radius 2 is 1.12 bits per heavy atom. The number of rotatable bonds is 3. The first-order valence-corrected chi connectivity index (χ1v) is 8.97. The van der Waals surface area contributed by atoms with E-state index in [2.05, 4.69) is 42.8 Å². The Labute approximate surface area is 142 Å². The Hall–Kier alpha value is -1.71. The van der Waals surface area contributed by atoms with Gasteiger partial charge in [0, 0.05) is 5.56 Å². The molecule has 0 saturated carbocycles. The summed E-state index contributed by atoms with van der Waals surface area (Å²) in [7, 11) is 0.533. The highest BCUT2D eigenvalue weighted by Crippen LogP contribution is 2.21. The van der Waals surface area contributed by atoms with Crippen molar-refractivity contribution < 1.29 is 34.9 Å². The SMILES string of the molecule is C[S+](C)Cc1ccccc1.Fc1c(F)c(F)c([B-](F)(F)F)c(F)c1F. The fraction of sp³-hybridized carbons (Fsp3) is 0.200. The van der Waals surface area contributed by atoms with Gasteiger partial charge in [0.15, 0.2) is 17.5 Å². The minimum atomic E-state index is -6.30. The van der Waals surface area contributed by atoms with Gasteiger partial charge in [0.05, 0.1) is 12.5 Å². The first-order chi connectivity index (χ1) is 11.5. The van der Waals surface area contributed by atoms with Crippen LogP contribution in [0.3, 0.4) is 0 Å². The van der Waals surface area contributed by atoms with Crippen molar-refractivity contribution >= 4 is 23.3 Å². The van der Waals surface area contributed by atoms with Crippen molar-refractivity contribution in [3.63, 3.8) is 0 Å². The average molecular weight is 388 g/mol. The van der Waals surface area contributed by atoms with Crippen molar-refractivity contribution in [3.05, 3.63) is 65.0 Å². The minimum absolute atomic E-state index is 0.533. The third-order valence-corrected chi connectivity index (χ3v) is 3.78. The van der Waals surface area contributed by atoms with E-state index in [1.807, 2.05) is 0 Å². The van der Waals surface area contributed by atoms with Crippen LogP contribution in [0.4, 0.5) is 34.9 Å². The molecule has 0 radical (unpaired) electrons. The summed E-state index contributed by atoms with van der Waals surface area (Å²) in [5, 5.41) is 0. The van der Waals surface area contributed by atoms with Gasteiger partial charge in [-0.25, -0.2) is 22.0 Å². The van der Waals surface area contributed by atoms with Crippen molar-refractivity contribution in [1.29, 1.82) is 0 Å². The maximum absolute atomic E-state index is 12.5. The maximum Gasteiger partial charge on any atom is 0.515 e. The highest BCUT2D eigenvalue weighted by atomic mass is 32.2. The number of halogens is 8. The summed E-state index contributed by atoms with van der Waals surface area (Å²) in [6.07, 6.45) is 4.54. The molecule has 2 rings (SSSR count). The van der Waals surface area contributed by atoms with Crippen molar-refractivity contribution in [2.75, 3.05) is 12.5 Å². The molecule has 0 saturated heterocycles. The first-order valence-electron chi connectivity index (χ1n) is 6.76. The smallest absolute Gasteiger partial charge is 0.445 e. The van der Waals surface area contributed by atoms with Gasteiger partial charge in [0.1, 0.15) is 17.4 Å². The van der Waals surface area contributed by atoms with Crippen molar-refractivity contribution in [2.24, 2.45) is 0 Å². The van der Waals surface area contributed by atoms with Gasteiger partial charge in [0.25, 0.3) is 0 Å². The molecule has 138 valence electrons. The maximum atomic E-state index is 12.5. The molecule has 0 heterocycles. The molecule has 2 aromatic rings. The van der Waals surface area contributed by atoms with Crippen molar-refractivity contribution in [3.8, 4) is 0 Å². The number of hydrogen-bond donors (Lipinski definition) is 0. The first kappa shape index (κ1) is 21.3. The molecule has 0 spiro atoms. The van der Waals surface area contributed by atoms with E-state index in [-0.39, 0.29) is 0 Å². The lowest BCUT2D eigenvalue weighted by Gasteiger charge is -2.17. The number of benzene rings is 2. The zero-order chi connectivity index (χ0) is 19.4. The minimum Gasteiger partial charge on any atom is -0.445 e. The normalized spacial score (nSPS) is 11.3. The highest BCUT2D eigenvalue weighted by Gasteiger charge is 2.37. The predicted molar refractivity (Wildman–Crippen MR) is 84.3 cm³/mol. The highest BCUT2D eigenvalue weighted by molar-refractivity contribution is 7.94. The summed E-state index contributed by atoms with van der Waals surface area (Å²) in [6, 6.07) is 10.6. The van der Waals surface area contributed by atoms with Crippen LogP contribution in [-0.2, 0) is 16.6 Å². The predicted octanol–water partition coefficient (Wildman–Crippen LogP) is 4.50. The van der Waals surface area contributed by atoms with Gasteiger partial charge in [-0.3, -0.25) is 0 Å². The zero-order valence-corrected chi connectivity index (χ0v) is 13.9. The lowest BCUT2D eigenvalue weighted by molar-refractivity contribution is 0.377. The monoisotopic (exact) mass is 388 g/mol. The lowest BCUT2D eigenvalue weighted by Crippen LogP contribution is -2.41. The lowest BCUT2D eigenvalue weighted by atomic mass is 9.79. The second-order valence-corrected chi connectivity index (χ2v) is 7.43. The van der Waals surface area contributed by atoms with E-state index in [0.29, 0.717) is 10.9 Å². The summed E-state index contributed by atoms with van der Waals surface area (Å²) in [5.74, 6) is -12.3. The molecule has 10 heteroatoms. The molecule has 0 nitrogen and oxygen atoms in total. The Morgan fingerprint density at radius 1 is 0.720 bits per heavy atom. The van der Waals surface area contributed by atoms with E-state index in [4.69, 9.17) is 0 Å². The van der Waals surface area contributed by atoms with Crippen LogP contribution >= 0.6 is 0 Å². The van der Waals surface area contributed by atoms with Gasteiger partial charge >= 0.3 is 6.98 Å². The fourth-order valence-electron chi connectivity index (χ4n) is 1.82. The second kappa shape index (κ2) is 8.60. The van der Waals surface area contributed by atoms with Crippen LogP contribution in [0, 0.1) is 29.1 Å². The molecule has 2 aromatic carbocycles. The molecule has 0 aliphatic rings. The van der Waals surface area contributed by atoms with Gasteiger partial charge in [-0.1, -0.05) is 30.3 Å². The van der Waals surface area contributed by atoms with Gasteiger partial charge in [0.2, 0.25) is 0 Å². The molecule has 0 aliphatic heterocycles. The average Bonchev–Trinajstić information content (AvgIpc) is 2.51. The molecule has 0 amide bonds. The van der Waals surface area contributed by atoms with E-state index in [1.165, 1.54) is 11.3 Å². The Balaban J connectivity index is 0.000000271. The third-order valence-electron chi connectivity index (χ3n) is 2.87. The molecular formula is C15H13BF8S. The second-order valence-electron chi connectivity index (χ2n) is 5.17. The standard InChI is InChI=1S/C9H13S.C6BF8/c1-10(2)8-9-6-4-3-5-7-9;8-2-1(7(13,14)15)3(9)5(11)6(12)4(2)10/h3-7H,8H2,1-2H3;/q+1;-1. The molecule has 0 N–H and O–H groups in total. The largest absolute Gasteiger partial charge is 0.515 e. The van der Waals surface area contributed by atoms with Crippen LogP contribution in [-0.4, -0.2) is 19.5 Å². The molecule has 0 bridgehead atoms. The van der Waals surface area contributed by atoms with E-state index in [1.54, 1.807) is 0 Å².